The minimum absolute atomic E-state index is 0.316. The first kappa shape index (κ1) is 10.6. The van der Waals surface area contributed by atoms with Gasteiger partial charge in [0.1, 0.15) is 0 Å². The zero-order valence-corrected chi connectivity index (χ0v) is 10.7. The fourth-order valence-electron chi connectivity index (χ4n) is 4.03. The molecule has 2 aliphatic carbocycles. The summed E-state index contributed by atoms with van der Waals surface area (Å²) in [5.41, 5.74) is 3.10. The Balaban J connectivity index is 1.50. The number of hydrogen-bond acceptors (Lipinski definition) is 1. The third kappa shape index (κ3) is 1.38. The number of anilines is 1. The number of carbonyl (C=O) groups excluding carboxylic acids is 1. The third-order valence-corrected chi connectivity index (χ3v) is 5.28. The lowest BCUT2D eigenvalue weighted by molar-refractivity contribution is -0.133. The van der Waals surface area contributed by atoms with Crippen molar-refractivity contribution in [1.82, 2.24) is 0 Å². The van der Waals surface area contributed by atoms with Crippen molar-refractivity contribution >= 4 is 11.6 Å². The van der Waals surface area contributed by atoms with Crippen molar-refractivity contribution in [2.75, 3.05) is 11.4 Å². The van der Waals surface area contributed by atoms with Crippen molar-refractivity contribution in [3.8, 4) is 0 Å². The highest BCUT2D eigenvalue weighted by molar-refractivity contribution is 5.97. The summed E-state index contributed by atoms with van der Waals surface area (Å²) < 4.78 is 0. The lowest BCUT2D eigenvalue weighted by Gasteiger charge is -2.54. The Hall–Kier alpha value is -1.31. The summed E-state index contributed by atoms with van der Waals surface area (Å²) in [6.45, 7) is 0.891. The first-order valence-electron chi connectivity index (χ1n) is 7.17. The summed E-state index contributed by atoms with van der Waals surface area (Å²) in [6.07, 6.45) is 7.46. The SMILES string of the molecule is O=C(C1CC2(CCC2)C1)N1CCc2ccccc21. The highest BCUT2D eigenvalue weighted by Crippen LogP contribution is 2.59. The van der Waals surface area contributed by atoms with Gasteiger partial charge in [-0.1, -0.05) is 24.6 Å². The molecule has 4 rings (SSSR count). The zero-order valence-electron chi connectivity index (χ0n) is 10.7. The van der Waals surface area contributed by atoms with E-state index in [1.807, 2.05) is 11.0 Å². The zero-order chi connectivity index (χ0) is 12.2. The van der Waals surface area contributed by atoms with Gasteiger partial charge in [-0.25, -0.2) is 0 Å². The van der Waals surface area contributed by atoms with E-state index in [9.17, 15) is 4.79 Å². The fraction of sp³-hybridized carbons (Fsp3) is 0.562. The molecular weight excluding hydrogens is 222 g/mol. The van der Waals surface area contributed by atoms with E-state index < -0.39 is 0 Å². The average Bonchev–Trinajstić information content (AvgIpc) is 2.68. The van der Waals surface area contributed by atoms with Crippen LogP contribution in [0, 0.1) is 11.3 Å². The molecular formula is C16H19NO. The van der Waals surface area contributed by atoms with E-state index in [1.54, 1.807) is 0 Å². The normalized spacial score (nSPS) is 24.6. The van der Waals surface area contributed by atoms with Gasteiger partial charge >= 0.3 is 0 Å². The lowest BCUT2D eigenvalue weighted by atomic mass is 9.51. The molecule has 0 radical (unpaired) electrons. The smallest absolute Gasteiger partial charge is 0.230 e. The van der Waals surface area contributed by atoms with Gasteiger partial charge in [-0.05, 0) is 49.1 Å². The standard InChI is InChI=1S/C16H19NO/c18-15(13-10-16(11-13)7-3-8-16)17-9-6-12-4-1-2-5-14(12)17/h1-2,4-5,13H,3,6-11H2. The number of nitrogens with zero attached hydrogens (tertiary/aromatic N) is 1. The Morgan fingerprint density at radius 1 is 1.22 bits per heavy atom. The van der Waals surface area contributed by atoms with E-state index in [1.165, 1.54) is 24.8 Å². The molecule has 0 saturated heterocycles. The summed E-state index contributed by atoms with van der Waals surface area (Å²) in [7, 11) is 0. The van der Waals surface area contributed by atoms with Gasteiger partial charge < -0.3 is 4.90 Å². The summed E-state index contributed by atoms with van der Waals surface area (Å²) in [5, 5.41) is 0. The van der Waals surface area contributed by atoms with E-state index >= 15 is 0 Å². The van der Waals surface area contributed by atoms with Crippen molar-refractivity contribution in [2.45, 2.75) is 38.5 Å². The van der Waals surface area contributed by atoms with E-state index in [0.717, 1.165) is 31.5 Å². The van der Waals surface area contributed by atoms with Crippen LogP contribution in [0.4, 0.5) is 5.69 Å². The van der Waals surface area contributed by atoms with E-state index in [2.05, 4.69) is 18.2 Å². The first-order chi connectivity index (χ1) is 8.77. The molecule has 3 aliphatic rings. The minimum Gasteiger partial charge on any atom is -0.312 e. The molecule has 0 aromatic heterocycles. The van der Waals surface area contributed by atoms with Gasteiger partial charge in [-0.2, -0.15) is 0 Å². The van der Waals surface area contributed by atoms with Crippen LogP contribution in [-0.2, 0) is 11.2 Å². The Morgan fingerprint density at radius 3 is 2.72 bits per heavy atom. The summed E-state index contributed by atoms with van der Waals surface area (Å²) in [4.78, 5) is 14.6. The molecule has 1 aliphatic heterocycles. The van der Waals surface area contributed by atoms with Gasteiger partial charge in [0.25, 0.3) is 0 Å². The first-order valence-corrected chi connectivity index (χ1v) is 7.17. The molecule has 18 heavy (non-hydrogen) atoms. The van der Waals surface area contributed by atoms with Crippen LogP contribution in [0.3, 0.4) is 0 Å². The number of rotatable bonds is 1. The number of hydrogen-bond donors (Lipinski definition) is 0. The number of para-hydroxylation sites is 1. The largest absolute Gasteiger partial charge is 0.312 e. The number of carbonyl (C=O) groups is 1. The molecule has 1 aromatic rings. The molecule has 0 N–H and O–H groups in total. The second-order valence-corrected chi connectivity index (χ2v) is 6.33. The predicted octanol–water partition coefficient (Wildman–Crippen LogP) is 3.16. The van der Waals surface area contributed by atoms with Crippen LogP contribution in [0.5, 0.6) is 0 Å². The number of fused-ring (bicyclic) bond motifs is 1. The lowest BCUT2D eigenvalue weighted by Crippen LogP contribution is -2.49. The molecule has 0 unspecified atom stereocenters. The molecule has 0 bridgehead atoms. The van der Waals surface area contributed by atoms with Crippen molar-refractivity contribution in [2.24, 2.45) is 11.3 Å². The second kappa shape index (κ2) is 3.59. The highest BCUT2D eigenvalue weighted by Gasteiger charge is 2.51. The van der Waals surface area contributed by atoms with Gasteiger partial charge in [0, 0.05) is 18.2 Å². The second-order valence-electron chi connectivity index (χ2n) is 6.33. The highest BCUT2D eigenvalue weighted by atomic mass is 16.2. The van der Waals surface area contributed by atoms with Crippen LogP contribution in [0.2, 0.25) is 0 Å². The maximum atomic E-state index is 12.5. The van der Waals surface area contributed by atoms with Crippen LogP contribution in [0.15, 0.2) is 24.3 Å². The molecule has 2 saturated carbocycles. The third-order valence-electron chi connectivity index (χ3n) is 5.28. The molecule has 2 nitrogen and oxygen atoms in total. The van der Waals surface area contributed by atoms with Crippen molar-refractivity contribution < 1.29 is 4.79 Å². The summed E-state index contributed by atoms with van der Waals surface area (Å²) >= 11 is 0. The quantitative estimate of drug-likeness (QED) is 0.739. The summed E-state index contributed by atoms with van der Waals surface area (Å²) in [5.74, 6) is 0.703. The van der Waals surface area contributed by atoms with Gasteiger partial charge in [-0.15, -0.1) is 0 Å². The van der Waals surface area contributed by atoms with Gasteiger partial charge in [0.15, 0.2) is 0 Å². The molecule has 0 atom stereocenters. The topological polar surface area (TPSA) is 20.3 Å². The summed E-state index contributed by atoms with van der Waals surface area (Å²) in [6, 6.07) is 8.35. The van der Waals surface area contributed by atoms with Crippen molar-refractivity contribution in [3.05, 3.63) is 29.8 Å². The minimum atomic E-state index is 0.316. The van der Waals surface area contributed by atoms with Crippen LogP contribution >= 0.6 is 0 Å². The maximum Gasteiger partial charge on any atom is 0.230 e. The van der Waals surface area contributed by atoms with Gasteiger partial charge in [0.05, 0.1) is 0 Å². The molecule has 1 heterocycles. The van der Waals surface area contributed by atoms with E-state index in [0.29, 0.717) is 17.2 Å². The Labute approximate surface area is 108 Å². The van der Waals surface area contributed by atoms with Gasteiger partial charge in [-0.3, -0.25) is 4.79 Å². The molecule has 94 valence electrons. The molecule has 2 heteroatoms. The monoisotopic (exact) mass is 241 g/mol. The maximum absolute atomic E-state index is 12.5. The Morgan fingerprint density at radius 2 is 2.00 bits per heavy atom. The average molecular weight is 241 g/mol. The molecule has 1 spiro atoms. The molecule has 2 fully saturated rings. The van der Waals surface area contributed by atoms with E-state index in [4.69, 9.17) is 0 Å². The predicted molar refractivity (Wildman–Crippen MR) is 71.5 cm³/mol. The number of amides is 1. The Kier molecular flexibility index (Phi) is 2.12. The fourth-order valence-corrected chi connectivity index (χ4v) is 4.03. The van der Waals surface area contributed by atoms with Crippen LogP contribution in [0.1, 0.15) is 37.7 Å². The Bertz CT molecular complexity index is 496. The van der Waals surface area contributed by atoms with Crippen LogP contribution in [-0.4, -0.2) is 12.5 Å². The number of benzene rings is 1. The van der Waals surface area contributed by atoms with E-state index in [-0.39, 0.29) is 0 Å². The molecule has 1 aromatic carbocycles. The molecule has 1 amide bonds. The van der Waals surface area contributed by atoms with Crippen molar-refractivity contribution in [3.63, 3.8) is 0 Å². The van der Waals surface area contributed by atoms with Crippen LogP contribution < -0.4 is 4.90 Å². The van der Waals surface area contributed by atoms with Crippen molar-refractivity contribution in [1.29, 1.82) is 0 Å². The van der Waals surface area contributed by atoms with Gasteiger partial charge in [0.2, 0.25) is 5.91 Å². The van der Waals surface area contributed by atoms with Crippen LogP contribution in [0.25, 0.3) is 0 Å².